The molecular formula is C42H54N6O7. The third-order valence-corrected chi connectivity index (χ3v) is 9.75. The number of ether oxygens (including phenoxy) is 2. The van der Waals surface area contributed by atoms with E-state index in [9.17, 15) is 24.0 Å². The molecule has 0 saturated carbocycles. The van der Waals surface area contributed by atoms with Crippen LogP contribution in [0.2, 0.25) is 0 Å². The highest BCUT2D eigenvalue weighted by atomic mass is 16.5. The van der Waals surface area contributed by atoms with E-state index in [1.807, 2.05) is 99.6 Å². The highest BCUT2D eigenvalue weighted by molar-refractivity contribution is 5.95. The molecule has 0 aromatic heterocycles. The number of carbonyl (C=O) groups excluding carboxylic acids is 5. The van der Waals surface area contributed by atoms with Crippen LogP contribution in [0.4, 0.5) is 0 Å². The quantitative estimate of drug-likeness (QED) is 0.286. The van der Waals surface area contributed by atoms with Crippen LogP contribution in [0.15, 0.2) is 78.9 Å². The second kappa shape index (κ2) is 19.4. The molecule has 2 aliphatic heterocycles. The molecule has 4 atom stereocenters. The summed E-state index contributed by atoms with van der Waals surface area (Å²) in [4.78, 5) is 74.5. The molecule has 1 fully saturated rings. The zero-order chi connectivity index (χ0) is 39.5. The van der Waals surface area contributed by atoms with Gasteiger partial charge in [-0.1, -0.05) is 68.4 Å². The first-order valence-corrected chi connectivity index (χ1v) is 18.9. The van der Waals surface area contributed by atoms with E-state index in [2.05, 4.69) is 16.0 Å². The number of likely N-dealkylation sites (tertiary alicyclic amines) is 1. The van der Waals surface area contributed by atoms with Crippen molar-refractivity contribution in [2.24, 2.45) is 5.92 Å². The average molecular weight is 755 g/mol. The van der Waals surface area contributed by atoms with E-state index in [-0.39, 0.29) is 57.0 Å². The molecule has 13 heteroatoms. The second-order valence-corrected chi connectivity index (χ2v) is 15.0. The summed E-state index contributed by atoms with van der Waals surface area (Å²) in [6.07, 6.45) is 0.529. The number of rotatable bonds is 10. The highest BCUT2D eigenvalue weighted by Crippen LogP contribution is 2.31. The minimum Gasteiger partial charge on any atom is -0.484 e. The van der Waals surface area contributed by atoms with Gasteiger partial charge in [0.25, 0.3) is 11.8 Å². The van der Waals surface area contributed by atoms with Crippen molar-refractivity contribution in [3.05, 3.63) is 101 Å². The molecular weight excluding hydrogens is 700 g/mol. The Morgan fingerprint density at radius 3 is 2.33 bits per heavy atom. The third kappa shape index (κ3) is 11.6. The lowest BCUT2D eigenvalue weighted by Crippen LogP contribution is -2.56. The molecule has 2 bridgehead atoms. The van der Waals surface area contributed by atoms with Crippen LogP contribution in [-0.4, -0.2) is 123 Å². The fraction of sp³-hybridized carbons (Fsp3) is 0.452. The second-order valence-electron chi connectivity index (χ2n) is 15.0. The van der Waals surface area contributed by atoms with Crippen molar-refractivity contribution in [2.45, 2.75) is 57.3 Å². The number of fused-ring (bicyclic) bond motifs is 4. The monoisotopic (exact) mass is 754 g/mol. The number of hydrogen-bond donors (Lipinski definition) is 3. The molecule has 5 amide bonds. The summed E-state index contributed by atoms with van der Waals surface area (Å²) in [5, 5.41) is 8.91. The molecule has 0 aliphatic carbocycles. The van der Waals surface area contributed by atoms with Crippen LogP contribution in [0.1, 0.15) is 53.2 Å². The molecule has 1 saturated heterocycles. The average Bonchev–Trinajstić information content (AvgIpc) is 3.58. The number of methoxy groups -OCH3 is 1. The van der Waals surface area contributed by atoms with Gasteiger partial charge >= 0.3 is 0 Å². The Morgan fingerprint density at radius 1 is 0.873 bits per heavy atom. The number of amides is 5. The van der Waals surface area contributed by atoms with Crippen molar-refractivity contribution < 1.29 is 33.4 Å². The maximum atomic E-state index is 14.3. The molecule has 0 spiro atoms. The Balaban J connectivity index is 1.50. The summed E-state index contributed by atoms with van der Waals surface area (Å²) in [6.45, 7) is 4.66. The lowest BCUT2D eigenvalue weighted by Gasteiger charge is -2.29. The van der Waals surface area contributed by atoms with Gasteiger partial charge in [0, 0.05) is 51.2 Å². The van der Waals surface area contributed by atoms with Gasteiger partial charge in [0.2, 0.25) is 17.7 Å². The van der Waals surface area contributed by atoms with E-state index in [1.54, 1.807) is 17.0 Å². The first kappa shape index (κ1) is 40.9. The Hall–Kier alpha value is -5.27. The van der Waals surface area contributed by atoms with Crippen LogP contribution in [0.25, 0.3) is 0 Å². The molecule has 3 N–H and O–H groups in total. The first-order valence-electron chi connectivity index (χ1n) is 18.9. The van der Waals surface area contributed by atoms with Crippen molar-refractivity contribution in [3.8, 4) is 5.75 Å². The van der Waals surface area contributed by atoms with Crippen LogP contribution in [0, 0.1) is 5.92 Å². The van der Waals surface area contributed by atoms with Gasteiger partial charge in [-0.3, -0.25) is 24.0 Å². The summed E-state index contributed by atoms with van der Waals surface area (Å²) >= 11 is 0. The molecule has 13 nitrogen and oxygen atoms in total. The molecule has 3 aromatic rings. The zero-order valence-electron chi connectivity index (χ0n) is 32.5. The molecule has 2 heterocycles. The van der Waals surface area contributed by atoms with Crippen molar-refractivity contribution in [1.82, 2.24) is 30.7 Å². The van der Waals surface area contributed by atoms with E-state index in [4.69, 9.17) is 9.47 Å². The normalized spacial score (nSPS) is 21.3. The smallest absolute Gasteiger partial charge is 0.258 e. The number of carbonyl (C=O) groups is 5. The summed E-state index contributed by atoms with van der Waals surface area (Å²) in [6, 6.07) is 21.8. The lowest BCUT2D eigenvalue weighted by molar-refractivity contribution is -0.141. The van der Waals surface area contributed by atoms with Gasteiger partial charge in [-0.15, -0.1) is 0 Å². The highest BCUT2D eigenvalue weighted by Gasteiger charge is 2.39. The summed E-state index contributed by atoms with van der Waals surface area (Å²) in [7, 11) is 5.44. The van der Waals surface area contributed by atoms with Crippen LogP contribution in [0.5, 0.6) is 5.75 Å². The summed E-state index contributed by atoms with van der Waals surface area (Å²) in [5.41, 5.74) is 3.20. The SMILES string of the molecule is COCCN1CC(=O)N[C@@H](Cc2ccccc2)C(=O)N[C@@H]2CN(C(=O)c3cccc(CN(C)C)c3)C[C@H]2c2cccc(c2)OCC(=O)N[C@H](CC(C)C)C1=O. The number of nitrogens with zero attached hydrogens (tertiary/aromatic N) is 3. The number of benzene rings is 3. The van der Waals surface area contributed by atoms with Crippen LogP contribution < -0.4 is 20.7 Å². The van der Waals surface area contributed by atoms with E-state index in [0.29, 0.717) is 30.8 Å². The van der Waals surface area contributed by atoms with Gasteiger partial charge in [0.1, 0.15) is 17.8 Å². The number of hydrogen-bond acceptors (Lipinski definition) is 8. The van der Waals surface area contributed by atoms with Crippen LogP contribution >= 0.6 is 0 Å². The fourth-order valence-electron chi connectivity index (χ4n) is 7.16. The van der Waals surface area contributed by atoms with Crippen LogP contribution in [-0.2, 0) is 36.9 Å². The molecule has 0 unspecified atom stereocenters. The molecule has 2 aliphatic rings. The first-order chi connectivity index (χ1) is 26.4. The van der Waals surface area contributed by atoms with Gasteiger partial charge in [0.15, 0.2) is 6.61 Å². The third-order valence-electron chi connectivity index (χ3n) is 9.75. The molecule has 5 rings (SSSR count). The standard InChI is InChI=1S/C42H54N6O7/c1-28(2)19-36-42(53)47(17-18-54-5)26-38(49)43-35(21-29-11-7-6-8-12-29)40(51)45-37-25-48(41(52)32-15-9-13-30(20-32)23-46(3)4)24-34(37)31-14-10-16-33(22-31)55-27-39(50)44-36/h6-16,20,22,28,34-37H,17-19,21,23-27H2,1-5H3,(H,43,49)(H,44,50)(H,45,51)/t34-,35-,36+,37+/m0/s1. The Kier molecular flexibility index (Phi) is 14.4. The summed E-state index contributed by atoms with van der Waals surface area (Å²) in [5.74, 6) is -1.88. The van der Waals surface area contributed by atoms with Gasteiger partial charge in [0.05, 0.1) is 19.2 Å². The van der Waals surface area contributed by atoms with Crippen molar-refractivity contribution in [3.63, 3.8) is 0 Å². The van der Waals surface area contributed by atoms with Crippen molar-refractivity contribution >= 4 is 29.5 Å². The zero-order valence-corrected chi connectivity index (χ0v) is 32.5. The maximum absolute atomic E-state index is 14.3. The van der Waals surface area contributed by atoms with Crippen LogP contribution in [0.3, 0.4) is 0 Å². The molecule has 55 heavy (non-hydrogen) atoms. The van der Waals surface area contributed by atoms with E-state index >= 15 is 0 Å². The van der Waals surface area contributed by atoms with Crippen molar-refractivity contribution in [2.75, 3.05) is 60.6 Å². The Bertz CT molecular complexity index is 1800. The van der Waals surface area contributed by atoms with Gasteiger partial charge in [-0.05, 0) is 67.4 Å². The van der Waals surface area contributed by atoms with Gasteiger partial charge in [-0.25, -0.2) is 0 Å². The molecule has 0 radical (unpaired) electrons. The Morgan fingerprint density at radius 2 is 1.60 bits per heavy atom. The minimum atomic E-state index is -0.998. The van der Waals surface area contributed by atoms with Gasteiger partial charge < -0.3 is 40.1 Å². The van der Waals surface area contributed by atoms with E-state index < -0.39 is 41.8 Å². The predicted molar refractivity (Wildman–Crippen MR) is 208 cm³/mol. The minimum absolute atomic E-state index is 0.0505. The predicted octanol–water partition coefficient (Wildman–Crippen LogP) is 2.60. The molecule has 3 aromatic carbocycles. The largest absolute Gasteiger partial charge is 0.484 e. The lowest BCUT2D eigenvalue weighted by atomic mass is 9.93. The van der Waals surface area contributed by atoms with Crippen molar-refractivity contribution in [1.29, 1.82) is 0 Å². The maximum Gasteiger partial charge on any atom is 0.258 e. The topological polar surface area (TPSA) is 150 Å². The number of nitrogens with one attached hydrogen (secondary N) is 3. The Labute approximate surface area is 323 Å². The van der Waals surface area contributed by atoms with E-state index in [0.717, 1.165) is 16.7 Å². The summed E-state index contributed by atoms with van der Waals surface area (Å²) < 4.78 is 11.2. The molecule has 294 valence electrons. The van der Waals surface area contributed by atoms with Gasteiger partial charge in [-0.2, -0.15) is 0 Å². The van der Waals surface area contributed by atoms with E-state index in [1.165, 1.54) is 12.0 Å². The fourth-order valence-corrected chi connectivity index (χ4v) is 7.16.